The second-order valence-electron chi connectivity index (χ2n) is 6.60. The van der Waals surface area contributed by atoms with Gasteiger partial charge in [0.2, 0.25) is 15.9 Å². The van der Waals surface area contributed by atoms with Crippen LogP contribution in [0.2, 0.25) is 0 Å². The Labute approximate surface area is 184 Å². The number of aryl methyl sites for hydroxylation is 1. The molecule has 0 aliphatic rings. The minimum atomic E-state index is -3.61. The van der Waals surface area contributed by atoms with Crippen LogP contribution in [-0.4, -0.2) is 42.6 Å². The number of sulfonamides is 1. The maximum absolute atomic E-state index is 12.4. The maximum atomic E-state index is 12.4. The predicted octanol–water partition coefficient (Wildman–Crippen LogP) is 2.01. The van der Waals surface area contributed by atoms with Crippen molar-refractivity contribution < 1.29 is 13.2 Å². The average Bonchev–Trinajstić information content (AvgIpc) is 3.21. The number of hydrogen-bond donors (Lipinski definition) is 4. The van der Waals surface area contributed by atoms with Gasteiger partial charge in [-0.05, 0) is 48.9 Å². The molecule has 0 saturated heterocycles. The first-order valence-corrected chi connectivity index (χ1v) is 11.7. The van der Waals surface area contributed by atoms with Gasteiger partial charge in [-0.3, -0.25) is 4.79 Å². The van der Waals surface area contributed by atoms with Gasteiger partial charge in [0.25, 0.3) is 0 Å². The number of rotatable bonds is 10. The van der Waals surface area contributed by atoms with Crippen LogP contribution in [0.3, 0.4) is 0 Å². The molecule has 3 rings (SSSR count). The van der Waals surface area contributed by atoms with Gasteiger partial charge >= 0.3 is 0 Å². The highest BCUT2D eigenvalue weighted by atomic mass is 32.2. The SMILES string of the molecule is CC(=O)NCc1ccc(S(=O)(=O)NCCNc2ccc(Nc3cc(C)ccn3)nn2)s1. The third-order valence-electron chi connectivity index (χ3n) is 3.97. The van der Waals surface area contributed by atoms with E-state index in [9.17, 15) is 13.2 Å². The summed E-state index contributed by atoms with van der Waals surface area (Å²) in [5, 5.41) is 16.9. The highest BCUT2D eigenvalue weighted by Crippen LogP contribution is 2.21. The van der Waals surface area contributed by atoms with E-state index in [1.54, 1.807) is 24.4 Å². The molecule has 12 heteroatoms. The lowest BCUT2D eigenvalue weighted by molar-refractivity contribution is -0.119. The summed E-state index contributed by atoms with van der Waals surface area (Å²) in [4.78, 5) is 15.9. The number of nitrogens with zero attached hydrogens (tertiary/aromatic N) is 3. The second kappa shape index (κ2) is 10.3. The molecule has 0 saturated carbocycles. The lowest BCUT2D eigenvalue weighted by Crippen LogP contribution is -2.28. The number of carbonyl (C=O) groups is 1. The normalized spacial score (nSPS) is 11.2. The van der Waals surface area contributed by atoms with Crippen molar-refractivity contribution in [2.45, 2.75) is 24.6 Å². The Morgan fingerprint density at radius 1 is 1.03 bits per heavy atom. The van der Waals surface area contributed by atoms with Gasteiger partial charge in [-0.2, -0.15) is 0 Å². The van der Waals surface area contributed by atoms with Crippen molar-refractivity contribution in [1.29, 1.82) is 0 Å². The third-order valence-corrected chi connectivity index (χ3v) is 7.01. The van der Waals surface area contributed by atoms with Gasteiger partial charge in [-0.1, -0.05) is 0 Å². The van der Waals surface area contributed by atoms with Crippen molar-refractivity contribution in [2.24, 2.45) is 0 Å². The Morgan fingerprint density at radius 3 is 2.52 bits per heavy atom. The molecule has 3 aromatic rings. The van der Waals surface area contributed by atoms with Gasteiger partial charge in [0.1, 0.15) is 15.8 Å². The zero-order chi connectivity index (χ0) is 22.3. The van der Waals surface area contributed by atoms with Gasteiger partial charge in [0, 0.05) is 31.1 Å². The van der Waals surface area contributed by atoms with Crippen LogP contribution >= 0.6 is 11.3 Å². The summed E-state index contributed by atoms with van der Waals surface area (Å²) in [5.74, 6) is 1.59. The standard InChI is InChI=1S/C19H23N7O3S2/c1-13-7-8-20-18(11-13)24-17-5-4-16(25-26-17)21-9-10-23-31(28,29)19-6-3-15(30-19)12-22-14(2)27/h3-8,11,23H,9-10,12H2,1-2H3,(H,21,25)(H,22,27)(H,20,24,26). The maximum Gasteiger partial charge on any atom is 0.250 e. The summed E-state index contributed by atoms with van der Waals surface area (Å²) in [5.41, 5.74) is 1.08. The molecule has 4 N–H and O–H groups in total. The fourth-order valence-electron chi connectivity index (χ4n) is 2.49. The number of amides is 1. The summed E-state index contributed by atoms with van der Waals surface area (Å²) in [6.07, 6.45) is 1.71. The van der Waals surface area contributed by atoms with Gasteiger partial charge in [0.15, 0.2) is 5.82 Å². The Bertz CT molecular complexity index is 1130. The molecule has 0 spiro atoms. The van der Waals surface area contributed by atoms with E-state index < -0.39 is 10.0 Å². The number of thiophene rings is 1. The van der Waals surface area contributed by atoms with E-state index in [-0.39, 0.29) is 16.7 Å². The minimum absolute atomic E-state index is 0.166. The summed E-state index contributed by atoms with van der Waals surface area (Å²) in [6, 6.07) is 10.5. The fourth-order valence-corrected chi connectivity index (χ4v) is 4.86. The Kier molecular flexibility index (Phi) is 7.50. The quantitative estimate of drug-likeness (QED) is 0.336. The monoisotopic (exact) mass is 461 g/mol. The molecule has 0 bridgehead atoms. The van der Waals surface area contributed by atoms with Crippen molar-refractivity contribution in [3.8, 4) is 0 Å². The molecular formula is C19H23N7O3S2. The summed E-state index contributed by atoms with van der Waals surface area (Å²) >= 11 is 1.12. The van der Waals surface area contributed by atoms with Crippen LogP contribution in [-0.2, 0) is 21.4 Å². The highest BCUT2D eigenvalue weighted by molar-refractivity contribution is 7.91. The van der Waals surface area contributed by atoms with E-state index in [2.05, 4.69) is 35.9 Å². The molecule has 0 aromatic carbocycles. The molecule has 164 valence electrons. The first kappa shape index (κ1) is 22.6. The predicted molar refractivity (Wildman–Crippen MR) is 120 cm³/mol. The van der Waals surface area contributed by atoms with Crippen LogP contribution in [0.4, 0.5) is 17.5 Å². The Morgan fingerprint density at radius 2 is 1.81 bits per heavy atom. The highest BCUT2D eigenvalue weighted by Gasteiger charge is 2.16. The molecule has 0 aliphatic heterocycles. The van der Waals surface area contributed by atoms with E-state index in [1.807, 2.05) is 19.1 Å². The molecule has 10 nitrogen and oxygen atoms in total. The first-order valence-electron chi connectivity index (χ1n) is 9.42. The van der Waals surface area contributed by atoms with Crippen LogP contribution < -0.4 is 20.7 Å². The molecule has 0 unspecified atom stereocenters. The lowest BCUT2D eigenvalue weighted by Gasteiger charge is -2.08. The second-order valence-corrected chi connectivity index (χ2v) is 9.76. The Balaban J connectivity index is 1.45. The van der Waals surface area contributed by atoms with Crippen molar-refractivity contribution in [2.75, 3.05) is 23.7 Å². The van der Waals surface area contributed by atoms with E-state index in [4.69, 9.17) is 0 Å². The van der Waals surface area contributed by atoms with Gasteiger partial charge < -0.3 is 16.0 Å². The lowest BCUT2D eigenvalue weighted by atomic mass is 10.3. The van der Waals surface area contributed by atoms with Crippen LogP contribution in [0.1, 0.15) is 17.4 Å². The van der Waals surface area contributed by atoms with E-state index >= 15 is 0 Å². The molecule has 0 atom stereocenters. The van der Waals surface area contributed by atoms with Crippen LogP contribution in [0.25, 0.3) is 0 Å². The van der Waals surface area contributed by atoms with Gasteiger partial charge in [0.05, 0.1) is 6.54 Å². The summed E-state index contributed by atoms with van der Waals surface area (Å²) in [7, 11) is -3.61. The zero-order valence-corrected chi connectivity index (χ0v) is 18.7. The number of hydrogen-bond acceptors (Lipinski definition) is 9. The first-order chi connectivity index (χ1) is 14.8. The van der Waals surface area contributed by atoms with Gasteiger partial charge in [-0.25, -0.2) is 18.1 Å². The smallest absolute Gasteiger partial charge is 0.250 e. The van der Waals surface area contributed by atoms with Gasteiger partial charge in [-0.15, -0.1) is 21.5 Å². The third kappa shape index (κ3) is 6.98. The molecule has 0 fully saturated rings. The molecule has 31 heavy (non-hydrogen) atoms. The number of nitrogens with one attached hydrogen (secondary N) is 4. The topological polar surface area (TPSA) is 138 Å². The number of pyridine rings is 1. The van der Waals surface area contributed by atoms with Crippen LogP contribution in [0, 0.1) is 6.92 Å². The molecule has 3 heterocycles. The molecule has 0 aliphatic carbocycles. The molecule has 0 radical (unpaired) electrons. The fraction of sp³-hybridized carbons (Fsp3) is 0.263. The van der Waals surface area contributed by atoms with Crippen LogP contribution in [0.15, 0.2) is 46.8 Å². The Hall–Kier alpha value is -3.09. The van der Waals surface area contributed by atoms with Crippen molar-refractivity contribution in [1.82, 2.24) is 25.2 Å². The number of aromatic nitrogens is 3. The van der Waals surface area contributed by atoms with E-state index in [0.29, 0.717) is 30.5 Å². The molecule has 3 aromatic heterocycles. The zero-order valence-electron chi connectivity index (χ0n) is 17.0. The average molecular weight is 462 g/mol. The number of anilines is 3. The summed E-state index contributed by atoms with van der Waals surface area (Å²) < 4.78 is 27.5. The van der Waals surface area contributed by atoms with E-state index in [0.717, 1.165) is 21.8 Å². The van der Waals surface area contributed by atoms with Crippen molar-refractivity contribution in [3.05, 3.63) is 53.0 Å². The molecule has 1 amide bonds. The van der Waals surface area contributed by atoms with Crippen molar-refractivity contribution in [3.63, 3.8) is 0 Å². The minimum Gasteiger partial charge on any atom is -0.367 e. The molecular weight excluding hydrogens is 438 g/mol. The summed E-state index contributed by atoms with van der Waals surface area (Å²) in [6.45, 7) is 4.21. The number of carbonyl (C=O) groups excluding carboxylic acids is 1. The largest absolute Gasteiger partial charge is 0.367 e. The van der Waals surface area contributed by atoms with Crippen LogP contribution in [0.5, 0.6) is 0 Å². The van der Waals surface area contributed by atoms with Crippen molar-refractivity contribution >= 4 is 44.7 Å². The van der Waals surface area contributed by atoms with E-state index in [1.165, 1.54) is 13.0 Å².